The lowest BCUT2D eigenvalue weighted by molar-refractivity contribution is -0.123. The van der Waals surface area contributed by atoms with Crippen molar-refractivity contribution in [3.05, 3.63) is 64.9 Å². The number of amides is 1. The van der Waals surface area contributed by atoms with E-state index in [4.69, 9.17) is 28.2 Å². The minimum atomic E-state index is 0.130. The Morgan fingerprint density at radius 2 is 1.67 bits per heavy atom. The second-order valence-electron chi connectivity index (χ2n) is 10.3. The minimum Gasteiger partial charge on any atom is -0.355 e. The average Bonchev–Trinajstić information content (AvgIpc) is 3.34. The Labute approximate surface area is 238 Å². The van der Waals surface area contributed by atoms with Gasteiger partial charge in [0.05, 0.1) is 11.6 Å². The molecular weight excluding hydrogens is 533 g/mol. The number of aromatic nitrogens is 4. The molecule has 10 heteroatoms. The molecule has 2 aliphatic rings. The summed E-state index contributed by atoms with van der Waals surface area (Å²) in [6.45, 7) is 4.09. The molecule has 202 valence electrons. The van der Waals surface area contributed by atoms with Crippen molar-refractivity contribution in [3.8, 4) is 17.1 Å². The van der Waals surface area contributed by atoms with Crippen LogP contribution in [0.25, 0.3) is 28.2 Å². The van der Waals surface area contributed by atoms with Crippen LogP contribution >= 0.6 is 23.2 Å². The van der Waals surface area contributed by atoms with Crippen molar-refractivity contribution in [3.63, 3.8) is 0 Å². The number of nitrogens with one attached hydrogen (secondary N) is 1. The fourth-order valence-corrected chi connectivity index (χ4v) is 5.95. The van der Waals surface area contributed by atoms with Gasteiger partial charge in [-0.1, -0.05) is 41.8 Å². The van der Waals surface area contributed by atoms with Crippen molar-refractivity contribution in [2.75, 3.05) is 37.6 Å². The first-order valence-electron chi connectivity index (χ1n) is 13.6. The summed E-state index contributed by atoms with van der Waals surface area (Å²) in [6, 6.07) is 15.4. The van der Waals surface area contributed by atoms with E-state index in [1.807, 2.05) is 53.1 Å². The summed E-state index contributed by atoms with van der Waals surface area (Å²) in [7, 11) is 0. The number of anilines is 1. The molecule has 0 aliphatic carbocycles. The molecule has 4 heterocycles. The number of hydrogen-bond acceptors (Lipinski definition) is 6. The number of imidazole rings is 1. The van der Waals surface area contributed by atoms with Gasteiger partial charge in [-0.3, -0.25) is 14.3 Å². The van der Waals surface area contributed by atoms with Crippen LogP contribution in [0.5, 0.6) is 0 Å². The van der Waals surface area contributed by atoms with Crippen molar-refractivity contribution in [2.45, 2.75) is 38.1 Å². The molecule has 6 rings (SSSR count). The van der Waals surface area contributed by atoms with E-state index in [9.17, 15) is 4.79 Å². The molecule has 1 amide bonds. The third-order valence-corrected chi connectivity index (χ3v) is 8.18. The maximum absolute atomic E-state index is 12.6. The Hall–Kier alpha value is -3.20. The van der Waals surface area contributed by atoms with Crippen LogP contribution in [-0.4, -0.2) is 69.1 Å². The van der Waals surface area contributed by atoms with Gasteiger partial charge in [0, 0.05) is 35.4 Å². The Kier molecular flexibility index (Phi) is 7.68. The molecule has 8 nitrogen and oxygen atoms in total. The molecule has 2 aliphatic heterocycles. The van der Waals surface area contributed by atoms with Crippen LogP contribution in [0, 0.1) is 0 Å². The number of fused-ring (bicyclic) bond motifs is 1. The van der Waals surface area contributed by atoms with Crippen LogP contribution in [0.4, 0.5) is 5.82 Å². The average molecular weight is 565 g/mol. The first-order valence-corrected chi connectivity index (χ1v) is 14.3. The first kappa shape index (κ1) is 26.0. The normalized spacial score (nSPS) is 17.0. The van der Waals surface area contributed by atoms with E-state index in [1.165, 1.54) is 19.3 Å². The molecule has 2 fully saturated rings. The summed E-state index contributed by atoms with van der Waals surface area (Å²) < 4.78 is 2.01. The molecule has 0 saturated carbocycles. The third-order valence-electron chi connectivity index (χ3n) is 7.60. The van der Waals surface area contributed by atoms with Crippen molar-refractivity contribution in [2.24, 2.45) is 0 Å². The Balaban J connectivity index is 1.26. The molecule has 4 aromatic rings. The molecule has 0 unspecified atom stereocenters. The number of rotatable bonds is 6. The first-order chi connectivity index (χ1) is 19.1. The number of carbonyl (C=O) groups excluding carboxylic acids is 1. The van der Waals surface area contributed by atoms with Gasteiger partial charge in [-0.25, -0.2) is 15.0 Å². The molecule has 39 heavy (non-hydrogen) atoms. The Morgan fingerprint density at radius 1 is 0.923 bits per heavy atom. The van der Waals surface area contributed by atoms with E-state index in [-0.39, 0.29) is 11.9 Å². The monoisotopic (exact) mass is 563 g/mol. The molecule has 0 bridgehead atoms. The zero-order chi connectivity index (χ0) is 26.8. The van der Waals surface area contributed by atoms with Gasteiger partial charge in [-0.15, -0.1) is 0 Å². The van der Waals surface area contributed by atoms with Gasteiger partial charge < -0.3 is 10.2 Å². The topological polar surface area (TPSA) is 79.2 Å². The highest BCUT2D eigenvalue weighted by Crippen LogP contribution is 2.35. The van der Waals surface area contributed by atoms with Crippen LogP contribution in [-0.2, 0) is 4.79 Å². The molecule has 0 spiro atoms. The number of halogens is 2. The summed E-state index contributed by atoms with van der Waals surface area (Å²) >= 11 is 12.8. The number of nitrogens with zero attached hydrogens (tertiary/aromatic N) is 6. The molecule has 2 aromatic heterocycles. The fourth-order valence-electron chi connectivity index (χ4n) is 5.60. The van der Waals surface area contributed by atoms with E-state index in [0.29, 0.717) is 28.1 Å². The van der Waals surface area contributed by atoms with Gasteiger partial charge >= 0.3 is 0 Å². The highest BCUT2D eigenvalue weighted by molar-refractivity contribution is 6.33. The van der Waals surface area contributed by atoms with E-state index in [0.717, 1.165) is 61.6 Å². The van der Waals surface area contributed by atoms with E-state index in [2.05, 4.69) is 25.1 Å². The van der Waals surface area contributed by atoms with Crippen LogP contribution in [0.1, 0.15) is 32.1 Å². The second kappa shape index (κ2) is 11.5. The number of piperidine rings is 2. The summed E-state index contributed by atoms with van der Waals surface area (Å²) in [5.74, 6) is 1.62. The summed E-state index contributed by atoms with van der Waals surface area (Å²) in [5, 5.41) is 4.52. The van der Waals surface area contributed by atoms with Crippen LogP contribution in [0.15, 0.2) is 54.9 Å². The van der Waals surface area contributed by atoms with Crippen molar-refractivity contribution in [1.29, 1.82) is 0 Å². The fraction of sp³-hybridized carbons (Fsp3) is 0.379. The smallest absolute Gasteiger partial charge is 0.234 e. The van der Waals surface area contributed by atoms with Crippen LogP contribution in [0.2, 0.25) is 10.0 Å². The van der Waals surface area contributed by atoms with Gasteiger partial charge in [-0.2, -0.15) is 0 Å². The summed E-state index contributed by atoms with van der Waals surface area (Å²) in [5.41, 5.74) is 3.12. The highest BCUT2D eigenvalue weighted by Gasteiger charge is 2.27. The Bertz CT molecular complexity index is 1460. The largest absolute Gasteiger partial charge is 0.355 e. The predicted molar refractivity (Wildman–Crippen MR) is 156 cm³/mol. The van der Waals surface area contributed by atoms with E-state index >= 15 is 0 Å². The molecule has 2 saturated heterocycles. The van der Waals surface area contributed by atoms with Gasteiger partial charge in [0.2, 0.25) is 5.91 Å². The molecule has 0 radical (unpaired) electrons. The second-order valence-corrected chi connectivity index (χ2v) is 11.1. The van der Waals surface area contributed by atoms with Crippen molar-refractivity contribution >= 4 is 46.1 Å². The number of carbonyl (C=O) groups is 1. The SMILES string of the molecule is O=C(CN1CCCCC1)NC1CCN(c2ncnc3c2nc(-c2ccccc2Cl)n3-c2ccc(Cl)cc2)CC1. The standard InChI is InChI=1S/C29H31Cl2N7O/c30-20-8-10-22(11-9-20)38-27(23-6-2-3-7-24(23)31)35-26-28(32-19-33-29(26)38)37-16-12-21(13-17-37)34-25(39)18-36-14-4-1-5-15-36/h2-3,6-11,19,21H,1,4-5,12-18H2,(H,34,39). The van der Waals surface area contributed by atoms with Crippen molar-refractivity contribution in [1.82, 2.24) is 29.7 Å². The molecular formula is C29H31Cl2N7O. The Morgan fingerprint density at radius 3 is 2.41 bits per heavy atom. The van der Waals surface area contributed by atoms with E-state index in [1.54, 1.807) is 6.33 Å². The number of benzene rings is 2. The third kappa shape index (κ3) is 5.60. The summed E-state index contributed by atoms with van der Waals surface area (Å²) in [6.07, 6.45) is 6.94. The van der Waals surface area contributed by atoms with Crippen molar-refractivity contribution < 1.29 is 4.79 Å². The zero-order valence-electron chi connectivity index (χ0n) is 21.7. The number of likely N-dealkylation sites (tertiary alicyclic amines) is 1. The zero-order valence-corrected chi connectivity index (χ0v) is 23.2. The highest BCUT2D eigenvalue weighted by atomic mass is 35.5. The lowest BCUT2D eigenvalue weighted by Gasteiger charge is -2.33. The maximum atomic E-state index is 12.6. The summed E-state index contributed by atoms with van der Waals surface area (Å²) in [4.78, 5) is 31.5. The van der Waals surface area contributed by atoms with Crippen LogP contribution < -0.4 is 10.2 Å². The molecule has 2 aromatic carbocycles. The lowest BCUT2D eigenvalue weighted by Crippen LogP contribution is -2.48. The van der Waals surface area contributed by atoms with E-state index < -0.39 is 0 Å². The quantitative estimate of drug-likeness (QED) is 0.340. The maximum Gasteiger partial charge on any atom is 0.234 e. The number of hydrogen-bond donors (Lipinski definition) is 1. The van der Waals surface area contributed by atoms with Gasteiger partial charge in [0.1, 0.15) is 12.2 Å². The molecule has 1 N–H and O–H groups in total. The van der Waals surface area contributed by atoms with Gasteiger partial charge in [0.25, 0.3) is 0 Å². The minimum absolute atomic E-state index is 0.130. The van der Waals surface area contributed by atoms with Crippen LogP contribution in [0.3, 0.4) is 0 Å². The molecule has 0 atom stereocenters. The predicted octanol–water partition coefficient (Wildman–Crippen LogP) is 5.36. The van der Waals surface area contributed by atoms with Gasteiger partial charge in [-0.05, 0) is 75.2 Å². The lowest BCUT2D eigenvalue weighted by atomic mass is 10.0. The van der Waals surface area contributed by atoms with Gasteiger partial charge in [0.15, 0.2) is 17.0 Å².